The van der Waals surface area contributed by atoms with Crippen LogP contribution in [0.4, 0.5) is 10.5 Å². The highest BCUT2D eigenvalue weighted by Crippen LogP contribution is 2.19. The summed E-state index contributed by atoms with van der Waals surface area (Å²) in [5, 5.41) is 4.59. The molecule has 1 aliphatic heterocycles. The summed E-state index contributed by atoms with van der Waals surface area (Å²) in [6, 6.07) is 12.3. The largest absolute Gasteiger partial charge is 0.324 e. The zero-order valence-corrected chi connectivity index (χ0v) is 14.6. The van der Waals surface area contributed by atoms with Crippen LogP contribution in [-0.4, -0.2) is 38.5 Å². The van der Waals surface area contributed by atoms with E-state index in [1.807, 2.05) is 30.3 Å². The lowest BCUT2D eigenvalue weighted by Gasteiger charge is -2.32. The number of likely N-dealkylation sites (tertiary alicyclic amines) is 1. The number of nitrogens with zero attached hydrogens (tertiary/aromatic N) is 1. The minimum Gasteiger partial charge on any atom is -0.324 e. The number of hydrogen-bond donors (Lipinski definition) is 2. The van der Waals surface area contributed by atoms with Gasteiger partial charge in [-0.2, -0.15) is 0 Å². The van der Waals surface area contributed by atoms with Crippen molar-refractivity contribution in [1.82, 2.24) is 9.62 Å². The molecule has 2 amide bonds. The predicted octanol–water partition coefficient (Wildman–Crippen LogP) is 2.72. The van der Waals surface area contributed by atoms with Crippen molar-refractivity contribution in [3.63, 3.8) is 0 Å². The first kappa shape index (κ1) is 16.9. The summed E-state index contributed by atoms with van der Waals surface area (Å²) in [6.45, 7) is 1.05. The Morgan fingerprint density at radius 1 is 1.08 bits per heavy atom. The van der Waals surface area contributed by atoms with Crippen LogP contribution in [0.25, 0.3) is 0 Å². The Morgan fingerprint density at radius 2 is 1.79 bits per heavy atom. The van der Waals surface area contributed by atoms with Gasteiger partial charge in [-0.15, -0.1) is 11.3 Å². The van der Waals surface area contributed by atoms with E-state index in [4.69, 9.17) is 0 Å². The lowest BCUT2D eigenvalue weighted by atomic mass is 10.1. The van der Waals surface area contributed by atoms with Gasteiger partial charge < -0.3 is 10.2 Å². The van der Waals surface area contributed by atoms with Gasteiger partial charge in [0, 0.05) is 24.8 Å². The molecule has 2 heterocycles. The smallest absolute Gasteiger partial charge is 0.321 e. The van der Waals surface area contributed by atoms with Crippen molar-refractivity contribution in [2.24, 2.45) is 0 Å². The van der Waals surface area contributed by atoms with Crippen LogP contribution < -0.4 is 10.0 Å². The van der Waals surface area contributed by atoms with Crippen LogP contribution in [0, 0.1) is 0 Å². The molecule has 24 heavy (non-hydrogen) atoms. The van der Waals surface area contributed by atoms with Crippen LogP contribution in [0.3, 0.4) is 0 Å². The molecule has 8 heteroatoms. The number of amides is 2. The SMILES string of the molecule is O=C(Nc1ccccc1)N1CCC(NS(=O)(=O)c2cccs2)CC1. The number of sulfonamides is 1. The molecule has 1 aromatic carbocycles. The van der Waals surface area contributed by atoms with Gasteiger partial charge in [0.05, 0.1) is 0 Å². The Balaban J connectivity index is 1.51. The van der Waals surface area contributed by atoms with Gasteiger partial charge in [0.1, 0.15) is 4.21 Å². The van der Waals surface area contributed by atoms with Crippen molar-refractivity contribution in [2.75, 3.05) is 18.4 Å². The standard InChI is InChI=1S/C16H19N3O3S2/c20-16(17-13-5-2-1-3-6-13)19-10-8-14(9-11-19)18-24(21,22)15-7-4-12-23-15/h1-7,12,14,18H,8-11H2,(H,17,20). The Kier molecular flexibility index (Phi) is 5.17. The van der Waals surface area contributed by atoms with Crippen LogP contribution in [0.1, 0.15) is 12.8 Å². The van der Waals surface area contributed by atoms with E-state index in [2.05, 4.69) is 10.0 Å². The summed E-state index contributed by atoms with van der Waals surface area (Å²) >= 11 is 1.20. The third-order valence-electron chi connectivity index (χ3n) is 3.89. The van der Waals surface area contributed by atoms with Crippen LogP contribution in [0.2, 0.25) is 0 Å². The molecule has 1 fully saturated rings. The Hall–Kier alpha value is -1.90. The fourth-order valence-electron chi connectivity index (χ4n) is 2.62. The number of anilines is 1. The van der Waals surface area contributed by atoms with Crippen molar-refractivity contribution in [1.29, 1.82) is 0 Å². The summed E-state index contributed by atoms with van der Waals surface area (Å²) in [6.07, 6.45) is 1.21. The summed E-state index contributed by atoms with van der Waals surface area (Å²) in [7, 11) is -3.45. The van der Waals surface area contributed by atoms with E-state index in [1.54, 1.807) is 22.4 Å². The molecule has 1 aliphatic rings. The van der Waals surface area contributed by atoms with E-state index in [9.17, 15) is 13.2 Å². The Labute approximate surface area is 145 Å². The number of piperidine rings is 1. The maximum atomic E-state index is 12.2. The van der Waals surface area contributed by atoms with E-state index in [-0.39, 0.29) is 12.1 Å². The number of nitrogens with one attached hydrogen (secondary N) is 2. The molecular weight excluding hydrogens is 346 g/mol. The van der Waals surface area contributed by atoms with Gasteiger partial charge in [-0.3, -0.25) is 0 Å². The molecule has 6 nitrogen and oxygen atoms in total. The van der Waals surface area contributed by atoms with Crippen LogP contribution in [-0.2, 0) is 10.0 Å². The van der Waals surface area contributed by atoms with Crippen molar-refractivity contribution in [2.45, 2.75) is 23.1 Å². The second-order valence-electron chi connectivity index (χ2n) is 5.61. The average molecular weight is 365 g/mol. The predicted molar refractivity (Wildman–Crippen MR) is 94.7 cm³/mol. The quantitative estimate of drug-likeness (QED) is 0.874. The second kappa shape index (κ2) is 7.33. The molecule has 2 aromatic rings. The first-order valence-electron chi connectivity index (χ1n) is 7.71. The lowest BCUT2D eigenvalue weighted by molar-refractivity contribution is 0.193. The van der Waals surface area contributed by atoms with Crippen molar-refractivity contribution >= 4 is 33.1 Å². The highest BCUT2D eigenvalue weighted by molar-refractivity contribution is 7.91. The second-order valence-corrected chi connectivity index (χ2v) is 8.50. The Morgan fingerprint density at radius 3 is 2.42 bits per heavy atom. The van der Waals surface area contributed by atoms with Gasteiger partial charge in [-0.05, 0) is 36.4 Å². The van der Waals surface area contributed by atoms with Crippen molar-refractivity contribution in [3.05, 3.63) is 47.8 Å². The van der Waals surface area contributed by atoms with E-state index in [0.717, 1.165) is 5.69 Å². The third kappa shape index (κ3) is 4.14. The average Bonchev–Trinajstić information content (AvgIpc) is 3.11. The van der Waals surface area contributed by atoms with Crippen LogP contribution in [0.5, 0.6) is 0 Å². The molecule has 3 rings (SSSR count). The van der Waals surface area contributed by atoms with Crippen molar-refractivity contribution in [3.8, 4) is 0 Å². The van der Waals surface area contributed by atoms with Gasteiger partial charge in [-0.1, -0.05) is 24.3 Å². The highest BCUT2D eigenvalue weighted by Gasteiger charge is 2.27. The summed E-state index contributed by atoms with van der Waals surface area (Å²) in [4.78, 5) is 13.9. The monoisotopic (exact) mass is 365 g/mol. The molecular formula is C16H19N3O3S2. The van der Waals surface area contributed by atoms with E-state index < -0.39 is 10.0 Å². The van der Waals surface area contributed by atoms with E-state index in [0.29, 0.717) is 30.1 Å². The number of para-hydroxylation sites is 1. The zero-order chi connectivity index (χ0) is 17.0. The fourth-order valence-corrected chi connectivity index (χ4v) is 4.93. The molecule has 0 aliphatic carbocycles. The molecule has 0 atom stereocenters. The first-order valence-corrected chi connectivity index (χ1v) is 10.1. The molecule has 1 aromatic heterocycles. The molecule has 2 N–H and O–H groups in total. The van der Waals surface area contributed by atoms with Gasteiger partial charge in [-0.25, -0.2) is 17.9 Å². The Bertz CT molecular complexity index is 768. The van der Waals surface area contributed by atoms with E-state index in [1.165, 1.54) is 11.3 Å². The molecule has 0 bridgehead atoms. The number of benzene rings is 1. The molecule has 0 saturated carbocycles. The number of urea groups is 1. The minimum absolute atomic E-state index is 0.141. The summed E-state index contributed by atoms with van der Waals surface area (Å²) in [5.74, 6) is 0. The normalized spacial score (nSPS) is 16.1. The number of carbonyl (C=O) groups excluding carboxylic acids is 1. The van der Waals surface area contributed by atoms with Gasteiger partial charge in [0.15, 0.2) is 0 Å². The third-order valence-corrected chi connectivity index (χ3v) is 6.81. The fraction of sp³-hybridized carbons (Fsp3) is 0.312. The molecule has 0 radical (unpaired) electrons. The molecule has 1 saturated heterocycles. The molecule has 128 valence electrons. The zero-order valence-electron chi connectivity index (χ0n) is 13.0. The van der Waals surface area contributed by atoms with Crippen LogP contribution in [0.15, 0.2) is 52.1 Å². The number of rotatable bonds is 4. The van der Waals surface area contributed by atoms with Gasteiger partial charge >= 0.3 is 6.03 Å². The molecule has 0 spiro atoms. The van der Waals surface area contributed by atoms with Crippen molar-refractivity contribution < 1.29 is 13.2 Å². The van der Waals surface area contributed by atoms with Gasteiger partial charge in [0.25, 0.3) is 0 Å². The maximum absolute atomic E-state index is 12.2. The number of thiophene rings is 1. The number of carbonyl (C=O) groups is 1. The topological polar surface area (TPSA) is 78.5 Å². The number of hydrogen-bond acceptors (Lipinski definition) is 4. The highest BCUT2D eigenvalue weighted by atomic mass is 32.2. The molecule has 0 unspecified atom stereocenters. The van der Waals surface area contributed by atoms with E-state index >= 15 is 0 Å². The summed E-state index contributed by atoms with van der Waals surface area (Å²) in [5.41, 5.74) is 0.753. The van der Waals surface area contributed by atoms with Gasteiger partial charge in [0.2, 0.25) is 10.0 Å². The van der Waals surface area contributed by atoms with Crippen LogP contribution >= 0.6 is 11.3 Å². The maximum Gasteiger partial charge on any atom is 0.321 e. The first-order chi connectivity index (χ1) is 11.5. The summed E-state index contributed by atoms with van der Waals surface area (Å²) < 4.78 is 27.5. The lowest BCUT2D eigenvalue weighted by Crippen LogP contribution is -2.47. The minimum atomic E-state index is -3.45.